The first-order valence-corrected chi connectivity index (χ1v) is 11.0. The number of halogens is 1. The van der Waals surface area contributed by atoms with Crippen molar-refractivity contribution < 1.29 is 9.59 Å². The number of Topliss-reactive ketones (excluding diaryl/α,β-unsaturated/α-hetero) is 1. The van der Waals surface area contributed by atoms with E-state index < -0.39 is 0 Å². The number of nitrogens with zero attached hydrogens (tertiary/aromatic N) is 2. The van der Waals surface area contributed by atoms with E-state index in [1.54, 1.807) is 23.0 Å². The first-order valence-electron chi connectivity index (χ1n) is 8.87. The molecule has 0 aliphatic carbocycles. The highest BCUT2D eigenvalue weighted by molar-refractivity contribution is 7.22. The minimum atomic E-state index is -0.355. The highest BCUT2D eigenvalue weighted by Gasteiger charge is 2.18. The second-order valence-electron chi connectivity index (χ2n) is 6.56. The third-order valence-electron chi connectivity index (χ3n) is 4.51. The zero-order valence-corrected chi connectivity index (χ0v) is 17.8. The second kappa shape index (κ2) is 8.41. The lowest BCUT2D eigenvalue weighted by atomic mass is 10.0. The number of hydrogen-bond donors (Lipinski definition) is 1. The number of anilines is 1. The lowest BCUT2D eigenvalue weighted by Crippen LogP contribution is -2.18. The van der Waals surface area contributed by atoms with Crippen molar-refractivity contribution in [1.82, 2.24) is 9.97 Å². The van der Waals surface area contributed by atoms with Crippen LogP contribution in [0.4, 0.5) is 5.13 Å². The molecule has 0 radical (unpaired) electrons. The van der Waals surface area contributed by atoms with Gasteiger partial charge in [-0.2, -0.15) is 0 Å². The number of amides is 1. The fourth-order valence-corrected chi connectivity index (χ4v) is 4.59. The molecule has 0 saturated carbocycles. The van der Waals surface area contributed by atoms with E-state index in [1.165, 1.54) is 22.7 Å². The third-order valence-corrected chi connectivity index (χ3v) is 6.26. The molecule has 0 bridgehead atoms. The number of rotatable bonds is 6. The van der Waals surface area contributed by atoms with Crippen molar-refractivity contribution in [2.24, 2.45) is 0 Å². The van der Waals surface area contributed by atoms with Gasteiger partial charge in [0, 0.05) is 16.8 Å². The fourth-order valence-electron chi connectivity index (χ4n) is 2.90. The number of nitrogens with one attached hydrogen (secondary N) is 1. The molecule has 29 heavy (non-hydrogen) atoms. The highest BCUT2D eigenvalue weighted by Crippen LogP contribution is 2.29. The Labute approximate surface area is 180 Å². The summed E-state index contributed by atoms with van der Waals surface area (Å²) in [6.45, 7) is 1.83. The van der Waals surface area contributed by atoms with Crippen LogP contribution in [0.2, 0.25) is 5.02 Å². The zero-order valence-electron chi connectivity index (χ0n) is 15.4. The van der Waals surface area contributed by atoms with Crippen LogP contribution in [0.15, 0.2) is 53.4 Å². The van der Waals surface area contributed by atoms with Gasteiger partial charge in [0.15, 0.2) is 10.9 Å². The third kappa shape index (κ3) is 4.53. The minimum absolute atomic E-state index is 0.0148. The Morgan fingerprint density at radius 3 is 2.83 bits per heavy atom. The number of carbonyl (C=O) groups excluding carboxylic acids is 2. The first-order chi connectivity index (χ1) is 14.0. The maximum Gasteiger partial charge on any atom is 0.233 e. The van der Waals surface area contributed by atoms with Crippen LogP contribution in [0, 0.1) is 0 Å². The molecule has 0 fully saturated rings. The summed E-state index contributed by atoms with van der Waals surface area (Å²) in [6, 6.07) is 13.0. The van der Waals surface area contributed by atoms with E-state index >= 15 is 0 Å². The number of fused-ring (bicyclic) bond motifs is 1. The van der Waals surface area contributed by atoms with Gasteiger partial charge in [-0.1, -0.05) is 41.1 Å². The number of aromatic nitrogens is 2. The normalized spacial score (nSPS) is 12.1. The number of carbonyl (C=O) groups is 2. The Kier molecular flexibility index (Phi) is 5.71. The minimum Gasteiger partial charge on any atom is -0.301 e. The van der Waals surface area contributed by atoms with Crippen molar-refractivity contribution in [1.29, 1.82) is 0 Å². The van der Waals surface area contributed by atoms with Gasteiger partial charge in [-0.05, 0) is 42.3 Å². The Hall–Kier alpha value is -2.61. The molecule has 1 atom stereocenters. The van der Waals surface area contributed by atoms with E-state index in [4.69, 9.17) is 11.6 Å². The molecule has 8 heteroatoms. The molecule has 0 saturated heterocycles. The summed E-state index contributed by atoms with van der Waals surface area (Å²) in [4.78, 5) is 33.4. The van der Waals surface area contributed by atoms with E-state index in [1.807, 2.05) is 37.3 Å². The molecule has 0 aliphatic rings. The molecule has 5 nitrogen and oxygen atoms in total. The summed E-state index contributed by atoms with van der Waals surface area (Å²) < 4.78 is 0.916. The molecule has 2 heterocycles. The largest absolute Gasteiger partial charge is 0.301 e. The maximum absolute atomic E-state index is 12.6. The van der Waals surface area contributed by atoms with Gasteiger partial charge < -0.3 is 5.32 Å². The molecule has 0 spiro atoms. The Bertz CT molecular complexity index is 1190. The van der Waals surface area contributed by atoms with E-state index in [0.29, 0.717) is 15.8 Å². The monoisotopic (exact) mass is 441 g/mol. The van der Waals surface area contributed by atoms with Crippen LogP contribution in [-0.2, 0) is 11.2 Å². The van der Waals surface area contributed by atoms with Crippen molar-refractivity contribution in [3.05, 3.63) is 75.2 Å². The molecule has 146 valence electrons. The predicted molar refractivity (Wildman–Crippen MR) is 118 cm³/mol. The van der Waals surface area contributed by atoms with Crippen LogP contribution in [0.1, 0.15) is 34.5 Å². The summed E-state index contributed by atoms with van der Waals surface area (Å²) in [5.41, 5.74) is 4.66. The van der Waals surface area contributed by atoms with Gasteiger partial charge in [0.05, 0.1) is 21.6 Å². The topological polar surface area (TPSA) is 72.0 Å². The standard InChI is InChI=1S/C21H16ClN3O2S2/c1-12(14-3-2-4-15(22)9-14)20(27)25-21-24-16-6-5-13(8-19(16)29-21)7-18(26)17-10-28-11-23-17/h2-6,8-12H,7H2,1H3,(H,24,25,27). The average Bonchev–Trinajstić information content (AvgIpc) is 3.36. The Morgan fingerprint density at radius 1 is 1.21 bits per heavy atom. The number of thiazole rings is 2. The van der Waals surface area contributed by atoms with E-state index in [9.17, 15) is 9.59 Å². The van der Waals surface area contributed by atoms with Gasteiger partial charge in [-0.15, -0.1) is 11.3 Å². The molecule has 2 aromatic heterocycles. The van der Waals surface area contributed by atoms with Gasteiger partial charge in [0.1, 0.15) is 5.69 Å². The van der Waals surface area contributed by atoms with Crippen molar-refractivity contribution in [3.63, 3.8) is 0 Å². The van der Waals surface area contributed by atoms with Crippen molar-refractivity contribution in [2.75, 3.05) is 5.32 Å². The maximum atomic E-state index is 12.6. The molecular formula is C21H16ClN3O2S2. The number of benzene rings is 2. The predicted octanol–water partition coefficient (Wildman–Crippen LogP) is 5.57. The lowest BCUT2D eigenvalue weighted by Gasteiger charge is -2.11. The van der Waals surface area contributed by atoms with Gasteiger partial charge in [0.2, 0.25) is 5.91 Å². The van der Waals surface area contributed by atoms with Crippen LogP contribution < -0.4 is 5.32 Å². The SMILES string of the molecule is CC(C(=O)Nc1nc2ccc(CC(=O)c3cscn3)cc2s1)c1cccc(Cl)c1. The Morgan fingerprint density at radius 2 is 2.07 bits per heavy atom. The van der Waals surface area contributed by atoms with Gasteiger partial charge in [0.25, 0.3) is 0 Å². The van der Waals surface area contributed by atoms with Crippen molar-refractivity contribution >= 4 is 61.3 Å². The molecule has 1 amide bonds. The molecule has 0 aliphatic heterocycles. The summed E-state index contributed by atoms with van der Waals surface area (Å²) in [5, 5.41) is 5.76. The van der Waals surface area contributed by atoms with Crippen LogP contribution in [0.3, 0.4) is 0 Å². The van der Waals surface area contributed by atoms with Crippen molar-refractivity contribution in [2.45, 2.75) is 19.3 Å². The molecule has 1 unspecified atom stereocenters. The van der Waals surface area contributed by atoms with Crippen LogP contribution >= 0.6 is 34.3 Å². The van der Waals surface area contributed by atoms with Gasteiger partial charge in [-0.3, -0.25) is 9.59 Å². The quantitative estimate of drug-likeness (QED) is 0.397. The average molecular weight is 442 g/mol. The molecule has 2 aromatic carbocycles. The molecular weight excluding hydrogens is 426 g/mol. The summed E-state index contributed by atoms with van der Waals surface area (Å²) >= 11 is 8.81. The number of hydrogen-bond acceptors (Lipinski definition) is 6. The second-order valence-corrected chi connectivity index (χ2v) is 8.75. The van der Waals surface area contributed by atoms with E-state index in [-0.39, 0.29) is 24.0 Å². The summed E-state index contributed by atoms with van der Waals surface area (Å²) in [6.07, 6.45) is 0.283. The summed E-state index contributed by atoms with van der Waals surface area (Å²) in [5.74, 6) is -0.517. The smallest absolute Gasteiger partial charge is 0.233 e. The summed E-state index contributed by atoms with van der Waals surface area (Å²) in [7, 11) is 0. The van der Waals surface area contributed by atoms with E-state index in [0.717, 1.165) is 21.3 Å². The molecule has 4 rings (SSSR count). The van der Waals surface area contributed by atoms with E-state index in [2.05, 4.69) is 15.3 Å². The first kappa shape index (κ1) is 19.7. The zero-order chi connectivity index (χ0) is 20.4. The van der Waals surface area contributed by atoms with Gasteiger partial charge >= 0.3 is 0 Å². The van der Waals surface area contributed by atoms with Crippen LogP contribution in [-0.4, -0.2) is 21.7 Å². The molecule has 4 aromatic rings. The van der Waals surface area contributed by atoms with Gasteiger partial charge in [-0.25, -0.2) is 9.97 Å². The van der Waals surface area contributed by atoms with Crippen LogP contribution in [0.25, 0.3) is 10.2 Å². The fraction of sp³-hybridized carbons (Fsp3) is 0.143. The Balaban J connectivity index is 1.48. The molecule has 1 N–H and O–H groups in total. The lowest BCUT2D eigenvalue weighted by molar-refractivity contribution is -0.117. The number of ketones is 1. The highest BCUT2D eigenvalue weighted by atomic mass is 35.5. The van der Waals surface area contributed by atoms with Crippen molar-refractivity contribution in [3.8, 4) is 0 Å². The van der Waals surface area contributed by atoms with Crippen LogP contribution in [0.5, 0.6) is 0 Å².